The number of halogens is 1. The smallest absolute Gasteiger partial charge is 0.123 e. The molecule has 140 valence electrons. The highest BCUT2D eigenvalue weighted by molar-refractivity contribution is 5.15. The van der Waals surface area contributed by atoms with Crippen LogP contribution in [-0.2, 0) is 17.8 Å². The molecule has 0 atom stereocenters. The van der Waals surface area contributed by atoms with Crippen molar-refractivity contribution in [2.45, 2.75) is 19.4 Å². The third-order valence-corrected chi connectivity index (χ3v) is 4.98. The van der Waals surface area contributed by atoms with Gasteiger partial charge in [-0.2, -0.15) is 0 Å². The first kappa shape index (κ1) is 19.0. The molecule has 0 aliphatic carbocycles. The lowest BCUT2D eigenvalue weighted by Gasteiger charge is -2.34. The van der Waals surface area contributed by atoms with Crippen LogP contribution in [0.3, 0.4) is 0 Å². The fourth-order valence-electron chi connectivity index (χ4n) is 3.35. The fraction of sp³-hybridized carbons (Fsp3) is 0.455. The molecule has 2 aromatic carbocycles. The van der Waals surface area contributed by atoms with E-state index < -0.39 is 0 Å². The van der Waals surface area contributed by atoms with Crippen LogP contribution >= 0.6 is 0 Å². The van der Waals surface area contributed by atoms with E-state index in [-0.39, 0.29) is 5.82 Å². The molecule has 0 unspecified atom stereocenters. The molecule has 4 heteroatoms. The van der Waals surface area contributed by atoms with Crippen LogP contribution in [0.1, 0.15) is 17.5 Å². The molecule has 0 aromatic heterocycles. The second-order valence-electron chi connectivity index (χ2n) is 6.95. The Labute approximate surface area is 156 Å². The first-order chi connectivity index (χ1) is 12.8. The molecule has 0 amide bonds. The fourth-order valence-corrected chi connectivity index (χ4v) is 3.35. The van der Waals surface area contributed by atoms with Crippen molar-refractivity contribution in [2.24, 2.45) is 0 Å². The molecule has 1 aliphatic heterocycles. The lowest BCUT2D eigenvalue weighted by molar-refractivity contribution is 0.0682. The minimum absolute atomic E-state index is 0.199. The molecule has 0 saturated carbocycles. The predicted molar refractivity (Wildman–Crippen MR) is 104 cm³/mol. The SMILES string of the molecule is Fc1ccc(COCCN2CCN(CCCc3ccccc3)CC2)cc1. The zero-order valence-corrected chi connectivity index (χ0v) is 15.4. The van der Waals surface area contributed by atoms with Gasteiger partial charge in [-0.3, -0.25) is 4.90 Å². The van der Waals surface area contributed by atoms with Gasteiger partial charge < -0.3 is 9.64 Å². The van der Waals surface area contributed by atoms with Gasteiger partial charge in [0.2, 0.25) is 0 Å². The van der Waals surface area contributed by atoms with Crippen molar-refractivity contribution in [1.29, 1.82) is 0 Å². The molecule has 3 rings (SSSR count). The number of hydrogen-bond acceptors (Lipinski definition) is 3. The summed E-state index contributed by atoms with van der Waals surface area (Å²) in [5.74, 6) is -0.199. The second-order valence-corrected chi connectivity index (χ2v) is 6.95. The number of ether oxygens (including phenoxy) is 1. The third kappa shape index (κ3) is 6.52. The Morgan fingerprint density at radius 3 is 2.12 bits per heavy atom. The zero-order chi connectivity index (χ0) is 18.0. The highest BCUT2D eigenvalue weighted by Gasteiger charge is 2.15. The molecule has 1 heterocycles. The van der Waals surface area contributed by atoms with Crippen molar-refractivity contribution >= 4 is 0 Å². The van der Waals surface area contributed by atoms with Gasteiger partial charge in [0.15, 0.2) is 0 Å². The van der Waals surface area contributed by atoms with Gasteiger partial charge in [-0.15, -0.1) is 0 Å². The summed E-state index contributed by atoms with van der Waals surface area (Å²) in [6.07, 6.45) is 2.39. The van der Waals surface area contributed by atoms with Gasteiger partial charge in [0.05, 0.1) is 13.2 Å². The maximum atomic E-state index is 12.9. The van der Waals surface area contributed by atoms with Crippen molar-refractivity contribution in [3.63, 3.8) is 0 Å². The minimum atomic E-state index is -0.199. The monoisotopic (exact) mass is 356 g/mol. The topological polar surface area (TPSA) is 15.7 Å². The molecular weight excluding hydrogens is 327 g/mol. The molecule has 26 heavy (non-hydrogen) atoms. The summed E-state index contributed by atoms with van der Waals surface area (Å²) in [6.45, 7) is 7.96. The summed E-state index contributed by atoms with van der Waals surface area (Å²) in [6, 6.07) is 17.3. The molecule has 1 saturated heterocycles. The standard InChI is InChI=1S/C22H29FN2O/c23-22-10-8-21(9-11-22)19-26-18-17-25-15-13-24(14-16-25)12-4-7-20-5-2-1-3-6-20/h1-3,5-6,8-11H,4,7,12-19H2. The summed E-state index contributed by atoms with van der Waals surface area (Å²) in [7, 11) is 0. The average molecular weight is 356 g/mol. The van der Waals surface area contributed by atoms with E-state index in [1.807, 2.05) is 0 Å². The predicted octanol–water partition coefficient (Wildman–Crippen LogP) is 3.59. The molecular formula is C22H29FN2O. The molecule has 0 bridgehead atoms. The van der Waals surface area contributed by atoms with Crippen molar-refractivity contribution in [3.8, 4) is 0 Å². The lowest BCUT2D eigenvalue weighted by atomic mass is 10.1. The van der Waals surface area contributed by atoms with Gasteiger partial charge in [-0.25, -0.2) is 4.39 Å². The Morgan fingerprint density at radius 1 is 0.769 bits per heavy atom. The van der Waals surface area contributed by atoms with E-state index in [0.717, 1.165) is 51.3 Å². The molecule has 1 aliphatic rings. The van der Waals surface area contributed by atoms with E-state index in [9.17, 15) is 4.39 Å². The van der Waals surface area contributed by atoms with E-state index in [0.29, 0.717) is 6.61 Å². The van der Waals surface area contributed by atoms with Crippen molar-refractivity contribution < 1.29 is 9.13 Å². The van der Waals surface area contributed by atoms with Gasteiger partial charge in [-0.1, -0.05) is 42.5 Å². The number of benzene rings is 2. The van der Waals surface area contributed by atoms with Crippen LogP contribution in [0.15, 0.2) is 54.6 Å². The van der Waals surface area contributed by atoms with E-state index in [2.05, 4.69) is 40.1 Å². The Hall–Kier alpha value is -1.75. The van der Waals surface area contributed by atoms with E-state index in [1.54, 1.807) is 12.1 Å². The van der Waals surface area contributed by atoms with Crippen LogP contribution in [0.25, 0.3) is 0 Å². The Kier molecular flexibility index (Phi) is 7.62. The average Bonchev–Trinajstić information content (AvgIpc) is 2.69. The summed E-state index contributed by atoms with van der Waals surface area (Å²) in [5, 5.41) is 0. The minimum Gasteiger partial charge on any atom is -0.375 e. The quantitative estimate of drug-likeness (QED) is 0.639. The highest BCUT2D eigenvalue weighted by Crippen LogP contribution is 2.07. The van der Waals surface area contributed by atoms with Gasteiger partial charge in [-0.05, 0) is 42.6 Å². The van der Waals surface area contributed by atoms with Gasteiger partial charge in [0.25, 0.3) is 0 Å². The molecule has 0 radical (unpaired) electrons. The number of piperazine rings is 1. The van der Waals surface area contributed by atoms with Crippen LogP contribution in [0.2, 0.25) is 0 Å². The van der Waals surface area contributed by atoms with E-state index >= 15 is 0 Å². The lowest BCUT2D eigenvalue weighted by Crippen LogP contribution is -2.47. The first-order valence-corrected chi connectivity index (χ1v) is 9.60. The summed E-state index contributed by atoms with van der Waals surface area (Å²) < 4.78 is 18.6. The van der Waals surface area contributed by atoms with Gasteiger partial charge in [0, 0.05) is 32.7 Å². The molecule has 0 N–H and O–H groups in total. The normalized spacial score (nSPS) is 16.0. The number of rotatable bonds is 9. The molecule has 2 aromatic rings. The summed E-state index contributed by atoms with van der Waals surface area (Å²) in [4.78, 5) is 5.04. The Morgan fingerprint density at radius 2 is 1.42 bits per heavy atom. The van der Waals surface area contributed by atoms with Crippen LogP contribution in [0.5, 0.6) is 0 Å². The zero-order valence-electron chi connectivity index (χ0n) is 15.4. The number of hydrogen-bond donors (Lipinski definition) is 0. The van der Waals surface area contributed by atoms with Crippen molar-refractivity contribution in [1.82, 2.24) is 9.80 Å². The Bertz CT molecular complexity index is 624. The first-order valence-electron chi connectivity index (χ1n) is 9.60. The number of nitrogens with zero attached hydrogens (tertiary/aromatic N) is 2. The van der Waals surface area contributed by atoms with E-state index in [1.165, 1.54) is 30.7 Å². The van der Waals surface area contributed by atoms with Gasteiger partial charge in [0.1, 0.15) is 5.82 Å². The Balaban J connectivity index is 1.24. The van der Waals surface area contributed by atoms with Crippen molar-refractivity contribution in [2.75, 3.05) is 45.9 Å². The van der Waals surface area contributed by atoms with Gasteiger partial charge >= 0.3 is 0 Å². The summed E-state index contributed by atoms with van der Waals surface area (Å²) in [5.41, 5.74) is 2.46. The molecule has 3 nitrogen and oxygen atoms in total. The maximum absolute atomic E-state index is 12.9. The third-order valence-electron chi connectivity index (χ3n) is 4.98. The number of aryl methyl sites for hydroxylation is 1. The molecule has 0 spiro atoms. The maximum Gasteiger partial charge on any atom is 0.123 e. The second kappa shape index (κ2) is 10.4. The van der Waals surface area contributed by atoms with E-state index in [4.69, 9.17) is 4.74 Å². The summed E-state index contributed by atoms with van der Waals surface area (Å²) >= 11 is 0. The largest absolute Gasteiger partial charge is 0.375 e. The van der Waals surface area contributed by atoms with Crippen LogP contribution in [-0.4, -0.2) is 55.7 Å². The van der Waals surface area contributed by atoms with Crippen LogP contribution < -0.4 is 0 Å². The van der Waals surface area contributed by atoms with Crippen molar-refractivity contribution in [3.05, 3.63) is 71.5 Å². The molecule has 1 fully saturated rings. The highest BCUT2D eigenvalue weighted by atomic mass is 19.1. The van der Waals surface area contributed by atoms with Crippen LogP contribution in [0, 0.1) is 5.82 Å². The van der Waals surface area contributed by atoms with Crippen LogP contribution in [0.4, 0.5) is 4.39 Å².